The number of ketones is 1. The zero-order valence-corrected chi connectivity index (χ0v) is 9.40. The maximum atomic E-state index is 11.4. The largest absolute Gasteiger partial charge is 0.507 e. The van der Waals surface area contributed by atoms with E-state index in [-0.39, 0.29) is 29.4 Å². The summed E-state index contributed by atoms with van der Waals surface area (Å²) < 4.78 is 0. The first kappa shape index (κ1) is 12.5. The van der Waals surface area contributed by atoms with Crippen molar-refractivity contribution in [1.29, 1.82) is 0 Å². The van der Waals surface area contributed by atoms with Gasteiger partial charge in [0.15, 0.2) is 5.78 Å². The predicted molar refractivity (Wildman–Crippen MR) is 60.5 cm³/mol. The summed E-state index contributed by atoms with van der Waals surface area (Å²) in [7, 11) is 3.60. The van der Waals surface area contributed by atoms with E-state index in [1.165, 1.54) is 12.1 Å². The van der Waals surface area contributed by atoms with Crippen LogP contribution in [0.4, 0.5) is 0 Å². The molecule has 1 aromatic carbocycles. The number of phenolic OH excluding ortho intramolecular Hbond substituents is 2. The molecular formula is C11H16N2O3. The van der Waals surface area contributed by atoms with Crippen molar-refractivity contribution in [3.63, 3.8) is 0 Å². The van der Waals surface area contributed by atoms with Crippen LogP contribution < -0.4 is 5.73 Å². The van der Waals surface area contributed by atoms with Crippen molar-refractivity contribution >= 4 is 5.78 Å². The van der Waals surface area contributed by atoms with Gasteiger partial charge in [0.1, 0.15) is 11.5 Å². The normalized spacial score (nSPS) is 10.8. The minimum absolute atomic E-state index is 0.0280. The van der Waals surface area contributed by atoms with E-state index in [9.17, 15) is 15.0 Å². The smallest absolute Gasteiger partial charge is 0.180 e. The Labute approximate surface area is 94.1 Å². The van der Waals surface area contributed by atoms with Crippen molar-refractivity contribution in [1.82, 2.24) is 4.90 Å². The number of nitrogens with two attached hydrogens (primary N) is 1. The Balaban J connectivity index is 3.21. The highest BCUT2D eigenvalue weighted by Crippen LogP contribution is 2.31. The number of aromatic hydroxyl groups is 2. The maximum Gasteiger partial charge on any atom is 0.180 e. The number of benzene rings is 1. The van der Waals surface area contributed by atoms with Crippen LogP contribution in [0.15, 0.2) is 12.1 Å². The predicted octanol–water partition coefficient (Wildman–Crippen LogP) is 0.301. The second kappa shape index (κ2) is 4.96. The molecule has 0 fully saturated rings. The summed E-state index contributed by atoms with van der Waals surface area (Å²) in [6.07, 6.45) is 0. The minimum Gasteiger partial charge on any atom is -0.507 e. The highest BCUT2D eigenvalue weighted by Gasteiger charge is 2.16. The monoisotopic (exact) mass is 224 g/mol. The first-order chi connectivity index (χ1) is 7.47. The van der Waals surface area contributed by atoms with Crippen LogP contribution in [0.1, 0.15) is 15.9 Å². The summed E-state index contributed by atoms with van der Waals surface area (Å²) in [6, 6.07) is 2.76. The average molecular weight is 224 g/mol. The van der Waals surface area contributed by atoms with E-state index in [1.807, 2.05) is 0 Å². The van der Waals surface area contributed by atoms with Gasteiger partial charge in [0.25, 0.3) is 0 Å². The van der Waals surface area contributed by atoms with Crippen molar-refractivity contribution in [3.8, 4) is 11.5 Å². The van der Waals surface area contributed by atoms with E-state index in [1.54, 1.807) is 19.0 Å². The maximum absolute atomic E-state index is 11.4. The molecule has 0 amide bonds. The Morgan fingerprint density at radius 1 is 1.38 bits per heavy atom. The van der Waals surface area contributed by atoms with Crippen LogP contribution in [0.3, 0.4) is 0 Å². The van der Waals surface area contributed by atoms with Gasteiger partial charge in [-0.1, -0.05) is 0 Å². The van der Waals surface area contributed by atoms with Crippen molar-refractivity contribution < 1.29 is 15.0 Å². The highest BCUT2D eigenvalue weighted by atomic mass is 16.3. The molecule has 1 rings (SSSR count). The molecule has 0 spiro atoms. The molecule has 4 N–H and O–H groups in total. The Kier molecular flexibility index (Phi) is 3.87. The lowest BCUT2D eigenvalue weighted by Gasteiger charge is -2.14. The molecule has 0 unspecified atom stereocenters. The standard InChI is InChI=1S/C11H16N2O3/c1-13(2)6-8-9(14)4-3-7(11(8)16)10(15)5-12/h3-4,14,16H,5-6,12H2,1-2H3. The number of nitrogens with zero attached hydrogens (tertiary/aromatic N) is 1. The Hall–Kier alpha value is -1.59. The van der Waals surface area contributed by atoms with Gasteiger partial charge in [-0.2, -0.15) is 0 Å². The molecule has 0 aliphatic heterocycles. The lowest BCUT2D eigenvalue weighted by Crippen LogP contribution is -2.16. The summed E-state index contributed by atoms with van der Waals surface area (Å²) in [4.78, 5) is 13.2. The van der Waals surface area contributed by atoms with Crippen LogP contribution in [0.2, 0.25) is 0 Å². The molecule has 1 aromatic rings. The number of carbonyl (C=O) groups excluding carboxylic acids is 1. The third-order valence-corrected chi connectivity index (χ3v) is 2.22. The van der Waals surface area contributed by atoms with Gasteiger partial charge in [-0.15, -0.1) is 0 Å². The zero-order valence-electron chi connectivity index (χ0n) is 9.40. The van der Waals surface area contributed by atoms with Gasteiger partial charge in [-0.3, -0.25) is 4.79 Å². The fourth-order valence-electron chi connectivity index (χ4n) is 1.43. The number of rotatable bonds is 4. The summed E-state index contributed by atoms with van der Waals surface area (Å²) >= 11 is 0. The summed E-state index contributed by atoms with van der Waals surface area (Å²) in [5.74, 6) is -0.568. The lowest BCUT2D eigenvalue weighted by molar-refractivity contribution is 0.0998. The van der Waals surface area contributed by atoms with Crippen LogP contribution in [-0.4, -0.2) is 41.5 Å². The second-order valence-corrected chi connectivity index (χ2v) is 3.82. The highest BCUT2D eigenvalue weighted by molar-refractivity contribution is 6.00. The average Bonchev–Trinajstić information content (AvgIpc) is 2.23. The van der Waals surface area contributed by atoms with Gasteiger partial charge in [-0.05, 0) is 26.2 Å². The fourth-order valence-corrected chi connectivity index (χ4v) is 1.43. The molecule has 16 heavy (non-hydrogen) atoms. The fraction of sp³-hybridized carbons (Fsp3) is 0.364. The van der Waals surface area contributed by atoms with E-state index >= 15 is 0 Å². The SMILES string of the molecule is CN(C)Cc1c(O)ccc(C(=O)CN)c1O. The molecule has 0 bridgehead atoms. The molecule has 0 aliphatic carbocycles. The van der Waals surface area contributed by atoms with Gasteiger partial charge in [0.2, 0.25) is 0 Å². The molecular weight excluding hydrogens is 208 g/mol. The minimum atomic E-state index is -0.350. The zero-order chi connectivity index (χ0) is 12.3. The molecule has 0 saturated heterocycles. The lowest BCUT2D eigenvalue weighted by atomic mass is 10.0. The van der Waals surface area contributed by atoms with Gasteiger partial charge in [0.05, 0.1) is 17.7 Å². The van der Waals surface area contributed by atoms with Gasteiger partial charge < -0.3 is 20.8 Å². The van der Waals surface area contributed by atoms with Gasteiger partial charge in [0, 0.05) is 6.54 Å². The van der Waals surface area contributed by atoms with Crippen LogP contribution in [0, 0.1) is 0 Å². The third kappa shape index (κ3) is 2.50. The number of Topliss-reactive ketones (excluding diaryl/α,β-unsaturated/α-hetero) is 1. The molecule has 0 aliphatic rings. The molecule has 0 heterocycles. The summed E-state index contributed by atoms with van der Waals surface area (Å²) in [5.41, 5.74) is 5.72. The molecule has 0 atom stereocenters. The number of carbonyl (C=O) groups is 1. The molecule has 88 valence electrons. The van der Waals surface area contributed by atoms with Crippen molar-refractivity contribution in [2.75, 3.05) is 20.6 Å². The van der Waals surface area contributed by atoms with Crippen molar-refractivity contribution in [2.45, 2.75) is 6.54 Å². The van der Waals surface area contributed by atoms with E-state index < -0.39 is 0 Å². The summed E-state index contributed by atoms with van der Waals surface area (Å²) in [5, 5.41) is 19.4. The van der Waals surface area contributed by atoms with Gasteiger partial charge >= 0.3 is 0 Å². The summed E-state index contributed by atoms with van der Waals surface area (Å²) in [6.45, 7) is 0.184. The van der Waals surface area contributed by atoms with Crippen LogP contribution in [-0.2, 0) is 6.54 Å². The number of phenols is 2. The van der Waals surface area contributed by atoms with E-state index in [2.05, 4.69) is 0 Å². The van der Waals surface area contributed by atoms with Gasteiger partial charge in [-0.25, -0.2) is 0 Å². The quantitative estimate of drug-likeness (QED) is 0.640. The molecule has 5 heteroatoms. The third-order valence-electron chi connectivity index (χ3n) is 2.22. The van der Waals surface area contributed by atoms with E-state index in [0.717, 1.165) is 0 Å². The first-order valence-electron chi connectivity index (χ1n) is 4.89. The Morgan fingerprint density at radius 3 is 2.50 bits per heavy atom. The first-order valence-corrected chi connectivity index (χ1v) is 4.89. The van der Waals surface area contributed by atoms with Crippen LogP contribution in [0.5, 0.6) is 11.5 Å². The van der Waals surface area contributed by atoms with Crippen LogP contribution >= 0.6 is 0 Å². The molecule has 0 saturated carbocycles. The topological polar surface area (TPSA) is 86.8 Å². The Bertz CT molecular complexity index is 402. The van der Waals surface area contributed by atoms with E-state index in [0.29, 0.717) is 12.1 Å². The van der Waals surface area contributed by atoms with Crippen molar-refractivity contribution in [3.05, 3.63) is 23.3 Å². The van der Waals surface area contributed by atoms with Crippen LogP contribution in [0.25, 0.3) is 0 Å². The number of hydrogen-bond donors (Lipinski definition) is 3. The Morgan fingerprint density at radius 2 is 2.00 bits per heavy atom. The number of hydrogen-bond acceptors (Lipinski definition) is 5. The van der Waals surface area contributed by atoms with E-state index in [4.69, 9.17) is 5.73 Å². The van der Waals surface area contributed by atoms with Crippen molar-refractivity contribution in [2.24, 2.45) is 5.73 Å². The molecule has 0 aromatic heterocycles. The molecule has 0 radical (unpaired) electrons. The molecule has 5 nitrogen and oxygen atoms in total. The second-order valence-electron chi connectivity index (χ2n) is 3.82.